The van der Waals surface area contributed by atoms with E-state index in [1.54, 1.807) is 0 Å². The molecule has 0 amide bonds. The van der Waals surface area contributed by atoms with Crippen LogP contribution in [0.5, 0.6) is 0 Å². The van der Waals surface area contributed by atoms with Crippen LogP contribution >= 0.6 is 0 Å². The molecule has 2 nitrogen and oxygen atoms in total. The fourth-order valence-electron chi connectivity index (χ4n) is 3.51. The van der Waals surface area contributed by atoms with Crippen molar-refractivity contribution in [2.45, 2.75) is 79.3 Å². The lowest BCUT2D eigenvalue weighted by molar-refractivity contribution is 0.0386. The van der Waals surface area contributed by atoms with E-state index in [0.717, 1.165) is 12.5 Å². The van der Waals surface area contributed by atoms with Gasteiger partial charge in [0.15, 0.2) is 0 Å². The first kappa shape index (κ1) is 18.9. The number of nitrogens with two attached hydrogens (primary N) is 1. The van der Waals surface area contributed by atoms with Crippen LogP contribution in [0.3, 0.4) is 0 Å². The van der Waals surface area contributed by atoms with Gasteiger partial charge in [-0.05, 0) is 51.0 Å². The van der Waals surface area contributed by atoms with Gasteiger partial charge in [0.25, 0.3) is 0 Å². The van der Waals surface area contributed by atoms with E-state index in [9.17, 15) is 0 Å². The smallest absolute Gasteiger partial charge is 0.0336 e. The molecule has 0 spiro atoms. The molecule has 116 valence electrons. The molecule has 0 saturated carbocycles. The zero-order valence-corrected chi connectivity index (χ0v) is 14.7. The molecule has 1 atom stereocenters. The largest absolute Gasteiger partial charge is 0.329 e. The monoisotopic (exact) mass is 270 g/mol. The van der Waals surface area contributed by atoms with E-state index in [0.29, 0.717) is 17.9 Å². The second-order valence-electron chi connectivity index (χ2n) is 7.71. The third-order valence-electron chi connectivity index (χ3n) is 4.18. The molecular weight excluding hydrogens is 232 g/mol. The lowest BCUT2D eigenvalue weighted by Crippen LogP contribution is -2.56. The summed E-state index contributed by atoms with van der Waals surface area (Å²) < 4.78 is 0. The van der Waals surface area contributed by atoms with E-state index in [4.69, 9.17) is 5.73 Å². The second kappa shape index (κ2) is 8.26. The Bertz CT molecular complexity index is 223. The summed E-state index contributed by atoms with van der Waals surface area (Å²) in [7, 11) is 2.28. The van der Waals surface area contributed by atoms with Gasteiger partial charge in [-0.1, -0.05) is 41.5 Å². The van der Waals surface area contributed by atoms with Crippen molar-refractivity contribution in [3.63, 3.8) is 0 Å². The zero-order chi connectivity index (χ0) is 15.2. The molecule has 0 aliphatic rings. The van der Waals surface area contributed by atoms with E-state index in [1.165, 1.54) is 19.3 Å². The molecule has 0 saturated heterocycles. The van der Waals surface area contributed by atoms with Crippen molar-refractivity contribution in [3.05, 3.63) is 0 Å². The van der Waals surface area contributed by atoms with Gasteiger partial charge >= 0.3 is 0 Å². The topological polar surface area (TPSA) is 29.3 Å². The summed E-state index contributed by atoms with van der Waals surface area (Å²) in [6, 6.07) is 0.598. The summed E-state index contributed by atoms with van der Waals surface area (Å²) in [6.07, 6.45) is 3.63. The minimum atomic E-state index is 0.163. The summed E-state index contributed by atoms with van der Waals surface area (Å²) in [5.41, 5.74) is 6.40. The summed E-state index contributed by atoms with van der Waals surface area (Å²) in [4.78, 5) is 2.58. The third-order valence-corrected chi connectivity index (χ3v) is 4.18. The van der Waals surface area contributed by atoms with Crippen molar-refractivity contribution >= 4 is 0 Å². The van der Waals surface area contributed by atoms with Gasteiger partial charge < -0.3 is 5.73 Å². The van der Waals surface area contributed by atoms with Crippen molar-refractivity contribution in [2.75, 3.05) is 13.6 Å². The van der Waals surface area contributed by atoms with Crippen LogP contribution in [0, 0.1) is 17.8 Å². The minimum Gasteiger partial charge on any atom is -0.329 e. The molecular formula is C17H38N2. The lowest BCUT2D eigenvalue weighted by atomic mass is 9.79. The van der Waals surface area contributed by atoms with Crippen LogP contribution in [0.15, 0.2) is 0 Å². The average molecular weight is 271 g/mol. The Morgan fingerprint density at radius 1 is 0.842 bits per heavy atom. The molecule has 0 fully saturated rings. The number of hydrogen-bond acceptors (Lipinski definition) is 2. The van der Waals surface area contributed by atoms with E-state index in [-0.39, 0.29) is 5.54 Å². The minimum absolute atomic E-state index is 0.163. The zero-order valence-electron chi connectivity index (χ0n) is 14.7. The highest BCUT2D eigenvalue weighted by Crippen LogP contribution is 2.32. The van der Waals surface area contributed by atoms with Gasteiger partial charge in [0.1, 0.15) is 0 Å². The molecule has 2 heteroatoms. The van der Waals surface area contributed by atoms with Crippen molar-refractivity contribution < 1.29 is 0 Å². The Hall–Kier alpha value is -0.0800. The first-order valence-electron chi connectivity index (χ1n) is 8.07. The number of likely N-dealkylation sites (N-methyl/N-ethyl adjacent to an activating group) is 1. The lowest BCUT2D eigenvalue weighted by Gasteiger charge is -2.47. The molecule has 2 N–H and O–H groups in total. The summed E-state index contributed by atoms with van der Waals surface area (Å²) >= 11 is 0. The van der Waals surface area contributed by atoms with E-state index >= 15 is 0 Å². The molecule has 0 rings (SSSR count). The standard InChI is InChI=1S/C17H38N2/c1-13(2)9-16(7)19(8)17(12-18,10-14(3)4)11-15(5)6/h13-16H,9-12,18H2,1-8H3. The predicted molar refractivity (Wildman–Crippen MR) is 87.4 cm³/mol. The molecule has 0 aromatic carbocycles. The second-order valence-corrected chi connectivity index (χ2v) is 7.71. The third kappa shape index (κ3) is 6.27. The van der Waals surface area contributed by atoms with Crippen LogP contribution in [0.25, 0.3) is 0 Å². The summed E-state index contributed by atoms with van der Waals surface area (Å²) in [5.74, 6) is 2.12. The Morgan fingerprint density at radius 3 is 1.53 bits per heavy atom. The normalized spacial score (nSPS) is 15.0. The average Bonchev–Trinajstić information content (AvgIpc) is 2.24. The van der Waals surface area contributed by atoms with Gasteiger partial charge in [-0.3, -0.25) is 4.90 Å². The molecule has 0 bridgehead atoms. The first-order chi connectivity index (χ1) is 8.64. The molecule has 1 unspecified atom stereocenters. The summed E-state index contributed by atoms with van der Waals surface area (Å²) in [5, 5.41) is 0. The highest BCUT2D eigenvalue weighted by Gasteiger charge is 2.36. The van der Waals surface area contributed by atoms with Crippen LogP contribution in [0.2, 0.25) is 0 Å². The maximum Gasteiger partial charge on any atom is 0.0336 e. The SMILES string of the molecule is CC(C)CC(C)N(C)C(CN)(CC(C)C)CC(C)C. The Morgan fingerprint density at radius 2 is 1.26 bits per heavy atom. The highest BCUT2D eigenvalue weighted by atomic mass is 15.2. The molecule has 0 aromatic rings. The number of rotatable bonds is 9. The maximum atomic E-state index is 6.23. The predicted octanol–water partition coefficient (Wildman–Crippen LogP) is 4.14. The quantitative estimate of drug-likeness (QED) is 0.682. The molecule has 0 radical (unpaired) electrons. The Labute approximate surface area is 122 Å². The van der Waals surface area contributed by atoms with Crippen LogP contribution in [0.4, 0.5) is 0 Å². The molecule has 0 aliphatic heterocycles. The van der Waals surface area contributed by atoms with Crippen LogP contribution in [-0.4, -0.2) is 30.1 Å². The van der Waals surface area contributed by atoms with Gasteiger partial charge in [-0.2, -0.15) is 0 Å². The van der Waals surface area contributed by atoms with Crippen molar-refractivity contribution in [1.29, 1.82) is 0 Å². The van der Waals surface area contributed by atoms with Crippen LogP contribution < -0.4 is 5.73 Å². The van der Waals surface area contributed by atoms with E-state index in [2.05, 4.69) is 60.4 Å². The number of nitrogens with zero attached hydrogens (tertiary/aromatic N) is 1. The molecule has 0 heterocycles. The van der Waals surface area contributed by atoms with Gasteiger partial charge in [-0.15, -0.1) is 0 Å². The molecule has 0 aliphatic carbocycles. The van der Waals surface area contributed by atoms with Gasteiger partial charge in [0, 0.05) is 18.1 Å². The molecule has 0 aromatic heterocycles. The molecule has 19 heavy (non-hydrogen) atoms. The van der Waals surface area contributed by atoms with Gasteiger partial charge in [-0.25, -0.2) is 0 Å². The summed E-state index contributed by atoms with van der Waals surface area (Å²) in [6.45, 7) is 17.0. The van der Waals surface area contributed by atoms with Gasteiger partial charge in [0.2, 0.25) is 0 Å². The van der Waals surface area contributed by atoms with Crippen LogP contribution in [0.1, 0.15) is 67.7 Å². The van der Waals surface area contributed by atoms with Gasteiger partial charge in [0.05, 0.1) is 0 Å². The fourth-order valence-corrected chi connectivity index (χ4v) is 3.51. The first-order valence-corrected chi connectivity index (χ1v) is 8.07. The Balaban J connectivity index is 5.07. The number of hydrogen-bond donors (Lipinski definition) is 1. The van der Waals surface area contributed by atoms with Crippen molar-refractivity contribution in [3.8, 4) is 0 Å². The highest BCUT2D eigenvalue weighted by molar-refractivity contribution is 4.94. The maximum absolute atomic E-state index is 6.23. The Kier molecular flexibility index (Phi) is 8.23. The van der Waals surface area contributed by atoms with E-state index < -0.39 is 0 Å². The van der Waals surface area contributed by atoms with Crippen molar-refractivity contribution in [1.82, 2.24) is 4.90 Å². The van der Waals surface area contributed by atoms with Crippen LogP contribution in [-0.2, 0) is 0 Å². The van der Waals surface area contributed by atoms with Crippen molar-refractivity contribution in [2.24, 2.45) is 23.5 Å². The fraction of sp³-hybridized carbons (Fsp3) is 1.00. The van der Waals surface area contributed by atoms with E-state index in [1.807, 2.05) is 0 Å².